The minimum atomic E-state index is -4.83. The Kier molecular flexibility index (Phi) is 9.92. The van der Waals surface area contributed by atoms with Crippen LogP contribution in [0.5, 0.6) is 5.75 Å². The lowest BCUT2D eigenvalue weighted by atomic mass is 10.1. The molecular formula is C28H32F4O2Si. The molecule has 7 heteroatoms. The Hall–Kier alpha value is -2.64. The number of benzene rings is 3. The van der Waals surface area contributed by atoms with Gasteiger partial charge in [-0.25, -0.2) is 4.39 Å². The summed E-state index contributed by atoms with van der Waals surface area (Å²) in [5.41, 5.74) is -1.36. The zero-order valence-electron chi connectivity index (χ0n) is 20.0. The van der Waals surface area contributed by atoms with E-state index in [-0.39, 0.29) is 0 Å². The summed E-state index contributed by atoms with van der Waals surface area (Å²) >= 11 is 0. The molecule has 0 aromatic heterocycles. The first-order valence-electron chi connectivity index (χ1n) is 12.2. The Balaban J connectivity index is 1.94. The molecule has 2 nitrogen and oxygen atoms in total. The van der Waals surface area contributed by atoms with E-state index in [1.165, 1.54) is 31.7 Å². The van der Waals surface area contributed by atoms with E-state index in [1.807, 2.05) is 60.7 Å². The van der Waals surface area contributed by atoms with Crippen LogP contribution < -0.4 is 14.8 Å². The first-order chi connectivity index (χ1) is 16.9. The van der Waals surface area contributed by atoms with Gasteiger partial charge in [0.05, 0.1) is 5.56 Å². The van der Waals surface area contributed by atoms with Gasteiger partial charge in [0.15, 0.2) is 5.82 Å². The number of hydrogen-bond acceptors (Lipinski definition) is 2. The number of halogens is 4. The molecule has 0 aliphatic heterocycles. The molecule has 0 saturated carbocycles. The van der Waals surface area contributed by atoms with Crippen molar-refractivity contribution in [3.63, 3.8) is 0 Å². The third-order valence-corrected chi connectivity index (χ3v) is 9.19. The maximum absolute atomic E-state index is 15.0. The molecule has 0 bridgehead atoms. The molecule has 0 N–H and O–H groups in total. The summed E-state index contributed by atoms with van der Waals surface area (Å²) in [6, 6.07) is 21.4. The van der Waals surface area contributed by atoms with Crippen molar-refractivity contribution in [2.75, 3.05) is 6.61 Å². The molecule has 0 unspecified atom stereocenters. The third kappa shape index (κ3) is 7.18. The number of alkyl halides is 3. The van der Waals surface area contributed by atoms with Gasteiger partial charge in [0.1, 0.15) is 5.75 Å². The minimum Gasteiger partial charge on any atom is -0.511 e. The summed E-state index contributed by atoms with van der Waals surface area (Å²) in [5.74, 6) is -1.89. The number of hydrogen-bond donors (Lipinski definition) is 0. The zero-order valence-corrected chi connectivity index (χ0v) is 21.0. The second-order valence-electron chi connectivity index (χ2n) is 8.54. The van der Waals surface area contributed by atoms with Crippen LogP contribution in [0.4, 0.5) is 17.6 Å². The highest BCUT2D eigenvalue weighted by Gasteiger charge is 2.46. The molecule has 0 heterocycles. The molecule has 3 aromatic rings. The van der Waals surface area contributed by atoms with Crippen LogP contribution in [0, 0.1) is 5.82 Å². The fraction of sp³-hybridized carbons (Fsp3) is 0.357. The van der Waals surface area contributed by atoms with E-state index in [0.717, 1.165) is 31.4 Å². The predicted octanol–water partition coefficient (Wildman–Crippen LogP) is 7.25. The fourth-order valence-corrected chi connectivity index (χ4v) is 7.16. The molecule has 0 aliphatic carbocycles. The Bertz CT molecular complexity index is 987. The highest BCUT2D eigenvalue weighted by atomic mass is 28.4. The maximum Gasteiger partial charge on any atom is 0.468 e. The van der Waals surface area contributed by atoms with Crippen LogP contribution in [-0.2, 0) is 10.6 Å². The molecule has 0 aliphatic rings. The van der Waals surface area contributed by atoms with Crippen molar-refractivity contribution in [1.29, 1.82) is 0 Å². The predicted molar refractivity (Wildman–Crippen MR) is 134 cm³/mol. The SMILES string of the molecule is CCCCCCCCCO[Si](Oc1cccc(C(F)(F)F)c1F)(c1ccccc1)c1ccccc1. The quantitative estimate of drug-likeness (QED) is 0.139. The van der Waals surface area contributed by atoms with E-state index in [1.54, 1.807) is 0 Å². The summed E-state index contributed by atoms with van der Waals surface area (Å²) in [4.78, 5) is 0. The van der Waals surface area contributed by atoms with E-state index >= 15 is 4.39 Å². The lowest BCUT2D eigenvalue weighted by Gasteiger charge is -2.32. The van der Waals surface area contributed by atoms with Crippen molar-refractivity contribution >= 4 is 18.9 Å². The van der Waals surface area contributed by atoms with Crippen molar-refractivity contribution in [3.8, 4) is 5.75 Å². The largest absolute Gasteiger partial charge is 0.511 e. The van der Waals surface area contributed by atoms with Crippen LogP contribution in [0.3, 0.4) is 0 Å². The van der Waals surface area contributed by atoms with Crippen molar-refractivity contribution in [2.45, 2.75) is 58.0 Å². The van der Waals surface area contributed by atoms with Gasteiger partial charge in [0.25, 0.3) is 0 Å². The van der Waals surface area contributed by atoms with E-state index in [2.05, 4.69) is 6.92 Å². The second kappa shape index (κ2) is 12.9. The van der Waals surface area contributed by atoms with Crippen molar-refractivity contribution in [1.82, 2.24) is 0 Å². The molecule has 0 radical (unpaired) electrons. The average Bonchev–Trinajstić information content (AvgIpc) is 2.86. The van der Waals surface area contributed by atoms with Gasteiger partial charge in [-0.2, -0.15) is 13.2 Å². The Morgan fingerprint density at radius 2 is 1.23 bits per heavy atom. The van der Waals surface area contributed by atoms with Gasteiger partial charge in [-0.3, -0.25) is 0 Å². The highest BCUT2D eigenvalue weighted by Crippen LogP contribution is 2.35. The Morgan fingerprint density at radius 1 is 0.686 bits per heavy atom. The van der Waals surface area contributed by atoms with Gasteiger partial charge in [-0.05, 0) is 18.6 Å². The van der Waals surface area contributed by atoms with Crippen LogP contribution in [0.1, 0.15) is 57.4 Å². The standard InChI is InChI=1S/C28H32F4O2Si/c1-2-3-4-5-6-7-14-22-33-35(23-16-10-8-11-17-23,24-18-12-9-13-19-24)34-26-21-15-20-25(27(26)29)28(30,31)32/h8-13,15-21H,2-7,14,22H2,1H3. The molecule has 0 fully saturated rings. The van der Waals surface area contributed by atoms with Crippen LogP contribution in [-0.4, -0.2) is 15.2 Å². The number of rotatable bonds is 13. The van der Waals surface area contributed by atoms with Gasteiger partial charge in [-0.1, -0.05) is 112 Å². The van der Waals surface area contributed by atoms with Gasteiger partial charge in [-0.15, -0.1) is 0 Å². The number of unbranched alkanes of at least 4 members (excludes halogenated alkanes) is 6. The first-order valence-corrected chi connectivity index (χ1v) is 14.0. The van der Waals surface area contributed by atoms with Gasteiger partial charge >= 0.3 is 14.7 Å². The van der Waals surface area contributed by atoms with E-state index in [4.69, 9.17) is 8.85 Å². The lowest BCUT2D eigenvalue weighted by molar-refractivity contribution is -0.140. The molecule has 0 amide bonds. The van der Waals surface area contributed by atoms with E-state index in [9.17, 15) is 13.2 Å². The minimum absolute atomic E-state index is 0.365. The topological polar surface area (TPSA) is 18.5 Å². The first kappa shape index (κ1) is 27.0. The maximum atomic E-state index is 15.0. The molecular weight excluding hydrogens is 472 g/mol. The van der Waals surface area contributed by atoms with Crippen LogP contribution >= 0.6 is 0 Å². The molecule has 0 atom stereocenters. The van der Waals surface area contributed by atoms with E-state index < -0.39 is 31.9 Å². The zero-order chi connectivity index (χ0) is 25.2. The molecule has 3 rings (SSSR count). The molecule has 188 valence electrons. The summed E-state index contributed by atoms with van der Waals surface area (Å²) in [6.07, 6.45) is 2.83. The average molecular weight is 505 g/mol. The second-order valence-corrected chi connectivity index (χ2v) is 11.4. The Morgan fingerprint density at radius 3 is 1.77 bits per heavy atom. The van der Waals surface area contributed by atoms with Crippen molar-refractivity contribution < 1.29 is 26.4 Å². The highest BCUT2D eigenvalue weighted by molar-refractivity contribution is 6.93. The molecule has 3 aromatic carbocycles. The lowest BCUT2D eigenvalue weighted by Crippen LogP contribution is -2.66. The molecule has 0 saturated heterocycles. The monoisotopic (exact) mass is 504 g/mol. The summed E-state index contributed by atoms with van der Waals surface area (Å²) < 4.78 is 67.9. The van der Waals surface area contributed by atoms with Gasteiger partial charge in [0, 0.05) is 17.0 Å². The van der Waals surface area contributed by atoms with Crippen molar-refractivity contribution in [3.05, 3.63) is 90.2 Å². The summed E-state index contributed by atoms with van der Waals surface area (Å²) in [7, 11) is -3.59. The van der Waals surface area contributed by atoms with Crippen molar-refractivity contribution in [2.24, 2.45) is 0 Å². The Labute approximate surface area is 206 Å². The van der Waals surface area contributed by atoms with Crippen LogP contribution in [0.25, 0.3) is 0 Å². The van der Waals surface area contributed by atoms with Crippen LogP contribution in [0.2, 0.25) is 0 Å². The summed E-state index contributed by atoms with van der Waals surface area (Å²) in [6.45, 7) is 2.54. The van der Waals surface area contributed by atoms with Gasteiger partial charge in [0.2, 0.25) is 0 Å². The third-order valence-electron chi connectivity index (χ3n) is 5.88. The molecule has 0 spiro atoms. The normalized spacial score (nSPS) is 12.0. The smallest absolute Gasteiger partial charge is 0.468 e. The summed E-state index contributed by atoms with van der Waals surface area (Å²) in [5, 5.41) is 1.40. The fourth-order valence-electron chi connectivity index (χ4n) is 4.03. The van der Waals surface area contributed by atoms with Crippen LogP contribution in [0.15, 0.2) is 78.9 Å². The van der Waals surface area contributed by atoms with Gasteiger partial charge < -0.3 is 8.85 Å². The molecule has 35 heavy (non-hydrogen) atoms. The van der Waals surface area contributed by atoms with E-state index in [0.29, 0.717) is 17.0 Å².